The van der Waals surface area contributed by atoms with Crippen molar-refractivity contribution in [3.05, 3.63) is 84.1 Å². The fraction of sp³-hybridized carbons (Fsp3) is 0.310. The van der Waals surface area contributed by atoms with Crippen molar-refractivity contribution in [1.82, 2.24) is 25.3 Å². The van der Waals surface area contributed by atoms with E-state index >= 15 is 0 Å². The summed E-state index contributed by atoms with van der Waals surface area (Å²) < 4.78 is 30.9. The second-order valence-electron chi connectivity index (χ2n) is 9.85. The lowest BCUT2D eigenvalue weighted by Crippen LogP contribution is -2.45. The molecule has 0 bridgehead atoms. The zero-order valence-corrected chi connectivity index (χ0v) is 22.3. The van der Waals surface area contributed by atoms with Gasteiger partial charge in [0.1, 0.15) is 5.82 Å². The van der Waals surface area contributed by atoms with Gasteiger partial charge in [-0.3, -0.25) is 4.79 Å². The van der Waals surface area contributed by atoms with E-state index in [0.717, 1.165) is 0 Å². The molecule has 3 N–H and O–H groups in total. The Bertz CT molecular complexity index is 1420. The summed E-state index contributed by atoms with van der Waals surface area (Å²) in [4.78, 5) is 29.5. The third-order valence-corrected chi connectivity index (χ3v) is 6.44. The van der Waals surface area contributed by atoms with Crippen LogP contribution < -0.4 is 10.6 Å². The lowest BCUT2D eigenvalue weighted by atomic mass is 9.92. The molecule has 1 saturated heterocycles. The van der Waals surface area contributed by atoms with E-state index in [-0.39, 0.29) is 11.7 Å². The molecule has 1 amide bonds. The van der Waals surface area contributed by atoms with Crippen molar-refractivity contribution in [1.29, 1.82) is 0 Å². The highest BCUT2D eigenvalue weighted by molar-refractivity contribution is 5.94. The van der Waals surface area contributed by atoms with Crippen molar-refractivity contribution in [3.8, 4) is 22.6 Å². The number of imidazole rings is 1. The Morgan fingerprint density at radius 2 is 1.85 bits per heavy atom. The van der Waals surface area contributed by atoms with Crippen molar-refractivity contribution in [3.63, 3.8) is 0 Å². The molecule has 5 rings (SSSR count). The summed E-state index contributed by atoms with van der Waals surface area (Å²) in [7, 11) is 1.62. The second-order valence-corrected chi connectivity index (χ2v) is 9.85. The topological polar surface area (TPSA) is 123 Å². The summed E-state index contributed by atoms with van der Waals surface area (Å²) in [5.74, 6) is 0.404. The first-order valence-corrected chi connectivity index (χ1v) is 12.9. The minimum absolute atomic E-state index is 0.149. The van der Waals surface area contributed by atoms with Gasteiger partial charge in [0.15, 0.2) is 5.82 Å². The van der Waals surface area contributed by atoms with Gasteiger partial charge in [-0.25, -0.2) is 19.3 Å². The number of aromatic nitrogens is 4. The van der Waals surface area contributed by atoms with Gasteiger partial charge in [0.05, 0.1) is 36.9 Å². The smallest absolute Gasteiger partial charge is 0.251 e. The molecule has 2 aromatic carbocycles. The summed E-state index contributed by atoms with van der Waals surface area (Å²) in [6, 6.07) is 16.9. The largest absolute Gasteiger partial charge is 0.383 e. The zero-order valence-electron chi connectivity index (χ0n) is 22.3. The van der Waals surface area contributed by atoms with Crippen LogP contribution in [-0.4, -0.2) is 65.9 Å². The predicted octanol–water partition coefficient (Wildman–Crippen LogP) is 4.21. The van der Waals surface area contributed by atoms with Gasteiger partial charge in [0.2, 0.25) is 12.2 Å². The van der Waals surface area contributed by atoms with Crippen molar-refractivity contribution in [2.24, 2.45) is 5.41 Å². The van der Waals surface area contributed by atoms with E-state index in [1.165, 1.54) is 12.1 Å². The average molecular weight is 547 g/mol. The monoisotopic (exact) mass is 546 g/mol. The summed E-state index contributed by atoms with van der Waals surface area (Å²) in [5.41, 5.74) is 2.67. The zero-order chi connectivity index (χ0) is 28.0. The maximum Gasteiger partial charge on any atom is 0.251 e. The van der Waals surface area contributed by atoms with Gasteiger partial charge in [-0.15, -0.1) is 0 Å². The SMILES string of the molecule is COCCNc1nccc(-c2[nH]c(C3OCC(C)(CNC(=O)c4ccccc4)CO3)nc2-c2ccc(F)cc2)n1. The van der Waals surface area contributed by atoms with Crippen molar-refractivity contribution in [2.75, 3.05) is 45.3 Å². The number of H-pyrrole nitrogens is 1. The van der Waals surface area contributed by atoms with Crippen molar-refractivity contribution >= 4 is 11.9 Å². The van der Waals surface area contributed by atoms with E-state index in [4.69, 9.17) is 19.2 Å². The van der Waals surface area contributed by atoms with Crippen molar-refractivity contribution < 1.29 is 23.4 Å². The van der Waals surface area contributed by atoms with Gasteiger partial charge in [0, 0.05) is 42.9 Å². The van der Waals surface area contributed by atoms with Crippen LogP contribution in [0.1, 0.15) is 29.4 Å². The van der Waals surface area contributed by atoms with E-state index in [2.05, 4.69) is 25.6 Å². The number of halogens is 1. The van der Waals surface area contributed by atoms with Gasteiger partial charge in [0.25, 0.3) is 5.91 Å². The number of benzene rings is 2. The van der Waals surface area contributed by atoms with E-state index < -0.39 is 11.7 Å². The van der Waals surface area contributed by atoms with Gasteiger partial charge in [-0.1, -0.05) is 25.1 Å². The number of amides is 1. The number of anilines is 1. The second kappa shape index (κ2) is 12.3. The standard InChI is InChI=1S/C29H31FN6O4/c1-29(16-33-26(37)20-6-4-3-5-7-20)17-39-27(40-18-29)25-35-23(19-8-10-21(30)11-9-19)24(36-25)22-12-13-31-28(34-22)32-14-15-38-2/h3-13,27H,14-18H2,1-2H3,(H,33,37)(H,35,36)(H,31,32,34). The van der Waals surface area contributed by atoms with Crippen LogP contribution >= 0.6 is 0 Å². The highest BCUT2D eigenvalue weighted by Crippen LogP contribution is 2.35. The van der Waals surface area contributed by atoms with Gasteiger partial charge < -0.3 is 29.8 Å². The number of rotatable bonds is 10. The first-order valence-electron chi connectivity index (χ1n) is 12.9. The number of hydrogen-bond acceptors (Lipinski definition) is 8. The van der Waals surface area contributed by atoms with E-state index in [1.54, 1.807) is 43.6 Å². The van der Waals surface area contributed by atoms with Crippen LogP contribution in [0.4, 0.5) is 10.3 Å². The molecule has 0 aliphatic carbocycles. The third kappa shape index (κ3) is 6.50. The molecule has 0 atom stereocenters. The Morgan fingerprint density at radius 1 is 1.10 bits per heavy atom. The Kier molecular flexibility index (Phi) is 8.44. The molecule has 4 aromatic rings. The fourth-order valence-corrected chi connectivity index (χ4v) is 4.24. The molecule has 0 spiro atoms. The first-order chi connectivity index (χ1) is 19.4. The highest BCUT2D eigenvalue weighted by Gasteiger charge is 2.35. The normalized spacial score (nSPS) is 18.8. The van der Waals surface area contributed by atoms with E-state index in [1.807, 2.05) is 25.1 Å². The molecule has 1 aliphatic rings. The van der Waals surface area contributed by atoms with Crippen LogP contribution in [0.15, 0.2) is 66.9 Å². The number of carbonyl (C=O) groups excluding carboxylic acids is 1. The number of nitrogens with one attached hydrogen (secondary N) is 3. The lowest BCUT2D eigenvalue weighted by Gasteiger charge is -2.36. The number of ether oxygens (including phenoxy) is 3. The number of nitrogens with zero attached hydrogens (tertiary/aromatic N) is 3. The minimum Gasteiger partial charge on any atom is -0.383 e. The summed E-state index contributed by atoms with van der Waals surface area (Å²) in [6.45, 7) is 4.12. The average Bonchev–Trinajstić information content (AvgIpc) is 3.43. The number of hydrogen-bond donors (Lipinski definition) is 3. The number of aromatic amines is 1. The Hall–Kier alpha value is -4.19. The summed E-state index contributed by atoms with van der Waals surface area (Å²) in [6.07, 6.45) is 0.891. The Labute approximate surface area is 231 Å². The highest BCUT2D eigenvalue weighted by atomic mass is 19.1. The molecule has 3 heterocycles. The van der Waals surface area contributed by atoms with Crippen LogP contribution in [0.3, 0.4) is 0 Å². The Balaban J connectivity index is 1.33. The third-order valence-electron chi connectivity index (χ3n) is 6.44. The van der Waals surface area contributed by atoms with Crippen LogP contribution in [-0.2, 0) is 14.2 Å². The van der Waals surface area contributed by atoms with E-state index in [9.17, 15) is 9.18 Å². The molecule has 208 valence electrons. The first kappa shape index (κ1) is 27.4. The van der Waals surface area contributed by atoms with Crippen LogP contribution in [0.25, 0.3) is 22.6 Å². The molecule has 2 aromatic heterocycles. The lowest BCUT2D eigenvalue weighted by molar-refractivity contribution is -0.231. The minimum atomic E-state index is -0.757. The molecule has 0 radical (unpaired) electrons. The summed E-state index contributed by atoms with van der Waals surface area (Å²) >= 11 is 0. The molecule has 1 aliphatic heterocycles. The van der Waals surface area contributed by atoms with Gasteiger partial charge in [-0.05, 0) is 42.5 Å². The van der Waals surface area contributed by atoms with Crippen LogP contribution in [0, 0.1) is 11.2 Å². The molecule has 0 saturated carbocycles. The maximum atomic E-state index is 13.7. The predicted molar refractivity (Wildman–Crippen MR) is 147 cm³/mol. The molecule has 1 fully saturated rings. The molecule has 11 heteroatoms. The quantitative estimate of drug-likeness (QED) is 0.253. The van der Waals surface area contributed by atoms with Crippen LogP contribution in [0.5, 0.6) is 0 Å². The number of carbonyl (C=O) groups is 1. The van der Waals surface area contributed by atoms with E-state index in [0.29, 0.717) is 72.9 Å². The molecule has 40 heavy (non-hydrogen) atoms. The molecular weight excluding hydrogens is 515 g/mol. The molecular formula is C29H31FN6O4. The van der Waals surface area contributed by atoms with Gasteiger partial charge >= 0.3 is 0 Å². The molecule has 0 unspecified atom stereocenters. The maximum absolute atomic E-state index is 13.7. The summed E-state index contributed by atoms with van der Waals surface area (Å²) in [5, 5.41) is 6.09. The number of methoxy groups -OCH3 is 1. The van der Waals surface area contributed by atoms with Crippen LogP contribution in [0.2, 0.25) is 0 Å². The van der Waals surface area contributed by atoms with Crippen molar-refractivity contribution in [2.45, 2.75) is 13.2 Å². The molecule has 10 nitrogen and oxygen atoms in total. The van der Waals surface area contributed by atoms with Gasteiger partial charge in [-0.2, -0.15) is 0 Å². The Morgan fingerprint density at radius 3 is 2.58 bits per heavy atom. The fourth-order valence-electron chi connectivity index (χ4n) is 4.24.